The van der Waals surface area contributed by atoms with Gasteiger partial charge in [0.25, 0.3) is 5.69 Å². The Hall–Kier alpha value is -1.76. The van der Waals surface area contributed by atoms with Gasteiger partial charge in [0, 0.05) is 17.0 Å². The molecule has 0 aromatic heterocycles. The van der Waals surface area contributed by atoms with Crippen LogP contribution >= 0.6 is 15.9 Å². The number of nitro benzene ring substituents is 1. The van der Waals surface area contributed by atoms with Crippen molar-refractivity contribution < 1.29 is 19.2 Å². The van der Waals surface area contributed by atoms with Crippen molar-refractivity contribution in [1.29, 1.82) is 0 Å². The quantitative estimate of drug-likeness (QED) is 0.513. The van der Waals surface area contributed by atoms with Crippen LogP contribution in [0.3, 0.4) is 0 Å². The molecule has 96 valence electrons. The van der Waals surface area contributed by atoms with Crippen molar-refractivity contribution in [1.82, 2.24) is 0 Å². The summed E-state index contributed by atoms with van der Waals surface area (Å²) in [7, 11) is 0. The minimum absolute atomic E-state index is 0.00681. The lowest BCUT2D eigenvalue weighted by Gasteiger charge is -2.01. The van der Waals surface area contributed by atoms with E-state index in [4.69, 9.17) is 5.11 Å². The molecular formula is C11H9BrFNO4. The summed E-state index contributed by atoms with van der Waals surface area (Å²) in [5.74, 6) is -2.33. The number of benzene rings is 1. The third kappa shape index (κ3) is 3.36. The second-order valence-corrected chi connectivity index (χ2v) is 4.13. The average Bonchev–Trinajstić information content (AvgIpc) is 2.30. The van der Waals surface area contributed by atoms with Gasteiger partial charge in [0.05, 0.1) is 4.92 Å². The lowest BCUT2D eigenvalue weighted by molar-refractivity contribution is -0.385. The summed E-state index contributed by atoms with van der Waals surface area (Å²) >= 11 is 3.18. The number of halogens is 2. The summed E-state index contributed by atoms with van der Waals surface area (Å²) in [6.07, 6.45) is 3.65. The molecule has 0 amide bonds. The van der Waals surface area contributed by atoms with Crippen LogP contribution in [0.4, 0.5) is 10.1 Å². The van der Waals surface area contributed by atoms with Gasteiger partial charge in [0.2, 0.25) is 0 Å². The maximum atomic E-state index is 13.5. The molecule has 1 aromatic rings. The highest BCUT2D eigenvalue weighted by atomic mass is 79.9. The van der Waals surface area contributed by atoms with E-state index < -0.39 is 28.0 Å². The van der Waals surface area contributed by atoms with Crippen LogP contribution in [0.25, 0.3) is 6.08 Å². The third-order valence-electron chi connectivity index (χ3n) is 2.12. The van der Waals surface area contributed by atoms with Crippen molar-refractivity contribution in [2.24, 2.45) is 0 Å². The van der Waals surface area contributed by atoms with Crippen LogP contribution in [0.15, 0.2) is 18.2 Å². The highest BCUT2D eigenvalue weighted by molar-refractivity contribution is 9.09. The van der Waals surface area contributed by atoms with Crippen molar-refractivity contribution >= 4 is 33.7 Å². The first-order chi connectivity index (χ1) is 8.47. The SMILES string of the molecule is O=C(O)c1cc(F)c(C=CCCBr)cc1[N+](=O)[O-]. The molecule has 18 heavy (non-hydrogen) atoms. The molecule has 0 heterocycles. The van der Waals surface area contributed by atoms with Gasteiger partial charge in [-0.25, -0.2) is 9.18 Å². The van der Waals surface area contributed by atoms with Crippen LogP contribution in [0, 0.1) is 15.9 Å². The minimum Gasteiger partial charge on any atom is -0.477 e. The first kappa shape index (κ1) is 14.3. The Morgan fingerprint density at radius 3 is 2.72 bits per heavy atom. The third-order valence-corrected chi connectivity index (χ3v) is 2.57. The molecule has 0 bridgehead atoms. The Bertz CT molecular complexity index is 516. The highest BCUT2D eigenvalue weighted by Crippen LogP contribution is 2.24. The molecule has 0 saturated heterocycles. The Balaban J connectivity index is 3.27. The Kier molecular flexibility index (Phi) is 4.96. The van der Waals surface area contributed by atoms with Crippen molar-refractivity contribution in [3.63, 3.8) is 0 Å². The van der Waals surface area contributed by atoms with E-state index in [1.165, 1.54) is 6.08 Å². The number of nitrogens with zero attached hydrogens (tertiary/aromatic N) is 1. The van der Waals surface area contributed by atoms with E-state index in [1.54, 1.807) is 6.08 Å². The van der Waals surface area contributed by atoms with Gasteiger partial charge in [-0.05, 0) is 12.5 Å². The average molecular weight is 318 g/mol. The number of nitro groups is 1. The Labute approximate surface area is 110 Å². The molecule has 0 aliphatic heterocycles. The number of hydrogen-bond donors (Lipinski definition) is 1. The van der Waals surface area contributed by atoms with Crippen LogP contribution < -0.4 is 0 Å². The van der Waals surface area contributed by atoms with E-state index in [0.29, 0.717) is 17.8 Å². The maximum Gasteiger partial charge on any atom is 0.342 e. The van der Waals surface area contributed by atoms with Crippen LogP contribution in [-0.4, -0.2) is 21.3 Å². The number of alkyl halides is 1. The summed E-state index contributed by atoms with van der Waals surface area (Å²) in [5.41, 5.74) is -1.29. The molecule has 0 fully saturated rings. The fourth-order valence-corrected chi connectivity index (χ4v) is 1.57. The number of carboxylic acid groups (broad SMARTS) is 1. The first-order valence-electron chi connectivity index (χ1n) is 4.91. The van der Waals surface area contributed by atoms with E-state index in [-0.39, 0.29) is 5.56 Å². The molecule has 0 radical (unpaired) electrons. The zero-order valence-electron chi connectivity index (χ0n) is 9.10. The molecule has 0 saturated carbocycles. The van der Waals surface area contributed by atoms with E-state index in [9.17, 15) is 19.3 Å². The summed E-state index contributed by atoms with van der Waals surface area (Å²) < 4.78 is 13.5. The van der Waals surface area contributed by atoms with Gasteiger partial charge in [-0.3, -0.25) is 10.1 Å². The lowest BCUT2D eigenvalue weighted by atomic mass is 10.1. The van der Waals surface area contributed by atoms with Gasteiger partial charge in [-0.2, -0.15) is 0 Å². The molecule has 0 spiro atoms. The monoisotopic (exact) mass is 317 g/mol. The van der Waals surface area contributed by atoms with Crippen molar-refractivity contribution in [2.75, 3.05) is 5.33 Å². The number of aromatic carboxylic acids is 1. The van der Waals surface area contributed by atoms with E-state index in [1.807, 2.05) is 0 Å². The zero-order valence-corrected chi connectivity index (χ0v) is 10.7. The number of hydrogen-bond acceptors (Lipinski definition) is 3. The smallest absolute Gasteiger partial charge is 0.342 e. The molecular weight excluding hydrogens is 309 g/mol. The second-order valence-electron chi connectivity index (χ2n) is 3.33. The number of allylic oxidation sites excluding steroid dienone is 1. The minimum atomic E-state index is -1.53. The number of carboxylic acids is 1. The number of carbonyl (C=O) groups is 1. The summed E-state index contributed by atoms with van der Waals surface area (Å²) in [5, 5.41) is 20.1. The normalized spacial score (nSPS) is 10.8. The molecule has 0 atom stereocenters. The second kappa shape index (κ2) is 6.25. The molecule has 0 unspecified atom stereocenters. The maximum absolute atomic E-state index is 13.5. The zero-order chi connectivity index (χ0) is 13.7. The van der Waals surface area contributed by atoms with Crippen LogP contribution in [0.2, 0.25) is 0 Å². The fourth-order valence-electron chi connectivity index (χ4n) is 1.30. The largest absolute Gasteiger partial charge is 0.477 e. The fraction of sp³-hybridized carbons (Fsp3) is 0.182. The molecule has 0 aliphatic carbocycles. The van der Waals surface area contributed by atoms with Gasteiger partial charge in [-0.1, -0.05) is 28.1 Å². The van der Waals surface area contributed by atoms with Gasteiger partial charge >= 0.3 is 5.97 Å². The highest BCUT2D eigenvalue weighted by Gasteiger charge is 2.22. The Morgan fingerprint density at radius 1 is 1.56 bits per heavy atom. The Morgan fingerprint density at radius 2 is 2.22 bits per heavy atom. The lowest BCUT2D eigenvalue weighted by Crippen LogP contribution is -2.04. The van der Waals surface area contributed by atoms with Gasteiger partial charge in [0.1, 0.15) is 11.4 Å². The molecule has 7 heteroatoms. The van der Waals surface area contributed by atoms with Crippen molar-refractivity contribution in [2.45, 2.75) is 6.42 Å². The molecule has 1 aromatic carbocycles. The standard InChI is InChI=1S/C11H9BrFNO4/c12-4-2-1-3-7-5-10(14(17)18)8(11(15)16)6-9(7)13/h1,3,5-6H,2,4H2,(H,15,16). The summed E-state index contributed by atoms with van der Waals surface area (Å²) in [6.45, 7) is 0. The van der Waals surface area contributed by atoms with Gasteiger partial charge in [0.15, 0.2) is 0 Å². The van der Waals surface area contributed by atoms with Crippen molar-refractivity contribution in [3.05, 3.63) is 45.3 Å². The van der Waals surface area contributed by atoms with Gasteiger partial charge in [-0.15, -0.1) is 0 Å². The van der Waals surface area contributed by atoms with Crippen LogP contribution in [-0.2, 0) is 0 Å². The van der Waals surface area contributed by atoms with Crippen LogP contribution in [0.1, 0.15) is 22.3 Å². The van der Waals surface area contributed by atoms with Crippen LogP contribution in [0.5, 0.6) is 0 Å². The van der Waals surface area contributed by atoms with E-state index in [0.717, 1.165) is 6.07 Å². The van der Waals surface area contributed by atoms with E-state index in [2.05, 4.69) is 15.9 Å². The van der Waals surface area contributed by atoms with E-state index >= 15 is 0 Å². The van der Waals surface area contributed by atoms with Gasteiger partial charge < -0.3 is 5.11 Å². The molecule has 1 rings (SSSR count). The molecule has 0 aliphatic rings. The summed E-state index contributed by atoms with van der Waals surface area (Å²) in [4.78, 5) is 20.6. The molecule has 1 N–H and O–H groups in total. The number of rotatable bonds is 5. The predicted octanol–water partition coefficient (Wildman–Crippen LogP) is 3.23. The summed E-state index contributed by atoms with van der Waals surface area (Å²) in [6, 6.07) is 1.58. The first-order valence-corrected chi connectivity index (χ1v) is 6.03. The predicted molar refractivity (Wildman–Crippen MR) is 67.5 cm³/mol. The molecule has 5 nitrogen and oxygen atoms in total. The topological polar surface area (TPSA) is 80.4 Å². The van der Waals surface area contributed by atoms with Crippen molar-refractivity contribution in [3.8, 4) is 0 Å².